The van der Waals surface area contributed by atoms with Crippen LogP contribution in [0.4, 0.5) is 0 Å². The molecule has 0 saturated heterocycles. The zero-order chi connectivity index (χ0) is 18.2. The van der Waals surface area contributed by atoms with Crippen molar-refractivity contribution in [1.29, 1.82) is 0 Å². The second kappa shape index (κ2) is 13.0. The van der Waals surface area contributed by atoms with Gasteiger partial charge in [-0.1, -0.05) is 30.3 Å². The van der Waals surface area contributed by atoms with E-state index in [-0.39, 0.29) is 0 Å². The van der Waals surface area contributed by atoms with Gasteiger partial charge in [0.05, 0.1) is 11.8 Å². The number of carboxylic acid groups (broad SMARTS) is 1. The second-order valence-electron chi connectivity index (χ2n) is 4.50. The van der Waals surface area contributed by atoms with E-state index in [1.807, 2.05) is 48.7 Å². The Balaban J connectivity index is 0.000000180. The van der Waals surface area contributed by atoms with E-state index < -0.39 is 5.97 Å². The van der Waals surface area contributed by atoms with Gasteiger partial charge in [-0.3, -0.25) is 14.8 Å². The van der Waals surface area contributed by atoms with E-state index >= 15 is 0 Å². The van der Waals surface area contributed by atoms with Crippen molar-refractivity contribution in [1.82, 2.24) is 19.9 Å². The van der Waals surface area contributed by atoms with Gasteiger partial charge >= 0.3 is 0 Å². The molecule has 0 atom stereocenters. The summed E-state index contributed by atoms with van der Waals surface area (Å²) in [7, 11) is 0. The molecule has 128 valence electrons. The van der Waals surface area contributed by atoms with Crippen molar-refractivity contribution in [2.75, 3.05) is 0 Å². The van der Waals surface area contributed by atoms with Crippen LogP contribution in [0.5, 0.6) is 0 Å². The first-order chi connectivity index (χ1) is 12.2. The SMILES string of the molecule is CC(=O)O.c1c[nH]cn1.c1ccc2ncccc2c1.c1ccncc1. The zero-order valence-corrected chi connectivity index (χ0v) is 13.9. The number of nitrogens with one attached hydrogen (secondary N) is 1. The van der Waals surface area contributed by atoms with E-state index in [0.717, 1.165) is 12.4 Å². The lowest BCUT2D eigenvalue weighted by molar-refractivity contribution is -0.134. The molecule has 0 amide bonds. The molecule has 0 aliphatic heterocycles. The third kappa shape index (κ3) is 10.8. The molecular weight excluding hydrogens is 316 g/mol. The number of benzene rings is 1. The van der Waals surface area contributed by atoms with E-state index in [0.29, 0.717) is 0 Å². The number of carbonyl (C=O) groups is 1. The van der Waals surface area contributed by atoms with E-state index in [1.165, 1.54) is 5.39 Å². The summed E-state index contributed by atoms with van der Waals surface area (Å²) in [6, 6.07) is 17.8. The van der Waals surface area contributed by atoms with Gasteiger partial charge in [0.2, 0.25) is 0 Å². The minimum atomic E-state index is -0.833. The number of aliphatic carboxylic acids is 1. The number of para-hydroxylation sites is 1. The Morgan fingerprint density at radius 2 is 1.56 bits per heavy atom. The lowest BCUT2D eigenvalue weighted by Gasteiger charge is -1.91. The quantitative estimate of drug-likeness (QED) is 0.509. The summed E-state index contributed by atoms with van der Waals surface area (Å²) in [6.07, 6.45) is 10.4. The molecule has 4 aromatic rings. The molecule has 2 N–H and O–H groups in total. The predicted molar refractivity (Wildman–Crippen MR) is 97.9 cm³/mol. The van der Waals surface area contributed by atoms with Gasteiger partial charge in [0.1, 0.15) is 0 Å². The number of rotatable bonds is 0. The molecule has 0 unspecified atom stereocenters. The van der Waals surface area contributed by atoms with Crippen LogP contribution < -0.4 is 0 Å². The van der Waals surface area contributed by atoms with Crippen molar-refractivity contribution in [3.05, 3.63) is 91.9 Å². The van der Waals surface area contributed by atoms with Gasteiger partial charge in [0, 0.05) is 43.3 Å². The Labute approximate surface area is 146 Å². The highest BCUT2D eigenvalue weighted by atomic mass is 16.4. The molecule has 0 aliphatic rings. The first-order valence-corrected chi connectivity index (χ1v) is 7.47. The highest BCUT2D eigenvalue weighted by Gasteiger charge is 1.86. The summed E-state index contributed by atoms with van der Waals surface area (Å²) in [4.78, 5) is 23.4. The largest absolute Gasteiger partial charge is 0.481 e. The molecule has 1 aromatic carbocycles. The first kappa shape index (κ1) is 19.5. The van der Waals surface area contributed by atoms with Crippen LogP contribution >= 0.6 is 0 Å². The summed E-state index contributed by atoms with van der Waals surface area (Å²) in [5.41, 5.74) is 1.06. The third-order valence-electron chi connectivity index (χ3n) is 2.48. The summed E-state index contributed by atoms with van der Waals surface area (Å²) in [5.74, 6) is -0.833. The molecule has 0 fully saturated rings. The van der Waals surface area contributed by atoms with E-state index in [4.69, 9.17) is 9.90 Å². The summed E-state index contributed by atoms with van der Waals surface area (Å²) in [6.45, 7) is 1.08. The monoisotopic (exact) mass is 336 g/mol. The molecule has 0 bridgehead atoms. The minimum Gasteiger partial charge on any atom is -0.481 e. The fourth-order valence-electron chi connectivity index (χ4n) is 1.54. The van der Waals surface area contributed by atoms with Gasteiger partial charge < -0.3 is 10.1 Å². The number of fused-ring (bicyclic) bond motifs is 1. The standard InChI is InChI=1S/C9H7N.C5H5N.C3H4N2.C2H4O2/c1-2-6-9-8(4-1)5-3-7-10-9;1-2-4-6-5-3-1;1-2-5-3-4-1;1-2(3)4/h1-7H;1-5H;1-3H,(H,4,5);1H3,(H,3,4). The summed E-state index contributed by atoms with van der Waals surface area (Å²) < 4.78 is 0. The number of imidazole rings is 1. The lowest BCUT2D eigenvalue weighted by Crippen LogP contribution is -1.78. The summed E-state index contributed by atoms with van der Waals surface area (Å²) in [5, 5.41) is 8.62. The average molecular weight is 336 g/mol. The summed E-state index contributed by atoms with van der Waals surface area (Å²) >= 11 is 0. The Bertz CT molecular complexity index is 692. The normalized spacial score (nSPS) is 8.52. The molecule has 0 saturated carbocycles. The van der Waals surface area contributed by atoms with Gasteiger partial charge in [-0.2, -0.15) is 0 Å². The molecule has 4 rings (SSSR count). The maximum atomic E-state index is 9.00. The van der Waals surface area contributed by atoms with Crippen LogP contribution in [0.1, 0.15) is 6.92 Å². The van der Waals surface area contributed by atoms with Gasteiger partial charge in [-0.05, 0) is 24.3 Å². The van der Waals surface area contributed by atoms with Crippen LogP contribution in [0, 0.1) is 0 Å². The topological polar surface area (TPSA) is 91.8 Å². The van der Waals surface area contributed by atoms with Crippen LogP contribution in [0.15, 0.2) is 91.9 Å². The number of carboxylic acids is 1. The number of aromatic amines is 1. The van der Waals surface area contributed by atoms with Crippen LogP contribution in [0.3, 0.4) is 0 Å². The molecular formula is C19H20N4O2. The van der Waals surface area contributed by atoms with E-state index in [9.17, 15) is 0 Å². The number of pyridine rings is 2. The van der Waals surface area contributed by atoms with Crippen molar-refractivity contribution in [3.8, 4) is 0 Å². The Morgan fingerprint density at radius 3 is 2.00 bits per heavy atom. The number of H-pyrrole nitrogens is 1. The minimum absolute atomic E-state index is 0.833. The smallest absolute Gasteiger partial charge is 0.300 e. The third-order valence-corrected chi connectivity index (χ3v) is 2.48. The van der Waals surface area contributed by atoms with Crippen molar-refractivity contribution >= 4 is 16.9 Å². The molecule has 6 heteroatoms. The predicted octanol–water partition coefficient (Wildman–Crippen LogP) is 3.82. The van der Waals surface area contributed by atoms with Gasteiger partial charge in [0.15, 0.2) is 0 Å². The maximum Gasteiger partial charge on any atom is 0.300 e. The molecule has 3 heterocycles. The second-order valence-corrected chi connectivity index (χ2v) is 4.50. The molecule has 6 nitrogen and oxygen atoms in total. The van der Waals surface area contributed by atoms with Crippen molar-refractivity contribution < 1.29 is 9.90 Å². The average Bonchev–Trinajstić information content (AvgIpc) is 3.23. The van der Waals surface area contributed by atoms with E-state index in [1.54, 1.807) is 31.1 Å². The molecule has 0 aliphatic carbocycles. The number of hydrogen-bond donors (Lipinski definition) is 2. The maximum absolute atomic E-state index is 9.00. The molecule has 0 spiro atoms. The van der Waals surface area contributed by atoms with Gasteiger partial charge in [0.25, 0.3) is 5.97 Å². The van der Waals surface area contributed by atoms with Crippen molar-refractivity contribution in [2.24, 2.45) is 0 Å². The Hall–Kier alpha value is -3.54. The number of aromatic nitrogens is 4. The molecule has 3 aromatic heterocycles. The fourth-order valence-corrected chi connectivity index (χ4v) is 1.54. The highest BCUT2D eigenvalue weighted by Crippen LogP contribution is 2.07. The van der Waals surface area contributed by atoms with Crippen molar-refractivity contribution in [2.45, 2.75) is 6.92 Å². The number of hydrogen-bond acceptors (Lipinski definition) is 4. The van der Waals surface area contributed by atoms with Crippen molar-refractivity contribution in [3.63, 3.8) is 0 Å². The van der Waals surface area contributed by atoms with Crippen LogP contribution in [0.25, 0.3) is 10.9 Å². The highest BCUT2D eigenvalue weighted by molar-refractivity contribution is 5.77. The number of nitrogens with zero attached hydrogens (tertiary/aromatic N) is 3. The molecule has 0 radical (unpaired) electrons. The zero-order valence-electron chi connectivity index (χ0n) is 13.9. The van der Waals surface area contributed by atoms with Gasteiger partial charge in [-0.25, -0.2) is 4.98 Å². The lowest BCUT2D eigenvalue weighted by atomic mass is 10.2. The van der Waals surface area contributed by atoms with Gasteiger partial charge in [-0.15, -0.1) is 0 Å². The fraction of sp³-hybridized carbons (Fsp3) is 0.0526. The molecule has 25 heavy (non-hydrogen) atoms. The van der Waals surface area contributed by atoms with Crippen LogP contribution in [-0.2, 0) is 4.79 Å². The Morgan fingerprint density at radius 1 is 0.880 bits per heavy atom. The Kier molecular flexibility index (Phi) is 10.1. The van der Waals surface area contributed by atoms with Crippen LogP contribution in [0.2, 0.25) is 0 Å². The van der Waals surface area contributed by atoms with Crippen LogP contribution in [-0.4, -0.2) is 31.0 Å². The first-order valence-electron chi connectivity index (χ1n) is 7.47. The van der Waals surface area contributed by atoms with E-state index in [2.05, 4.69) is 32.1 Å².